The van der Waals surface area contributed by atoms with Crippen LogP contribution in [-0.4, -0.2) is 103 Å². The quantitative estimate of drug-likeness (QED) is 0.277. The Kier molecular flexibility index (Phi) is 10.5. The predicted octanol–water partition coefficient (Wildman–Crippen LogP) is 4.18. The number of carbonyl (C=O) groups is 2. The van der Waals surface area contributed by atoms with E-state index in [2.05, 4.69) is 10.2 Å². The second-order valence-electron chi connectivity index (χ2n) is 11.8. The van der Waals surface area contributed by atoms with Crippen LogP contribution in [0.5, 0.6) is 11.5 Å². The molecule has 49 heavy (non-hydrogen) atoms. The van der Waals surface area contributed by atoms with E-state index in [9.17, 15) is 18.8 Å². The van der Waals surface area contributed by atoms with Crippen LogP contribution in [0.3, 0.4) is 0 Å². The van der Waals surface area contributed by atoms with Gasteiger partial charge >= 0.3 is 6.03 Å². The maximum atomic E-state index is 14.3. The summed E-state index contributed by atoms with van der Waals surface area (Å²) in [5.41, 5.74) is 1.02. The number of urea groups is 1. The standard InChI is InChI=1S/C35H40FN7O5S/c1-24(42(30-13-12-27(47-2)22-31(30)48-3)35(46)37-26-10-8-25(36)9-11-26)33-38-29-7-5-4-6-28(29)34(45)43(33)41-16-14-39(15-17-41)23-32(44)40-18-20-49-21-19-40/h4-13,22,24H,14-21,23H2,1-3H3,(H,37,46). The molecule has 1 atom stereocenters. The van der Waals surface area contributed by atoms with Crippen molar-refractivity contribution in [3.05, 3.63) is 88.7 Å². The molecule has 12 nitrogen and oxygen atoms in total. The molecule has 6 rings (SSSR count). The van der Waals surface area contributed by atoms with Crippen molar-refractivity contribution in [2.75, 3.05) is 86.8 Å². The third-order valence-corrected chi connectivity index (χ3v) is 9.80. The van der Waals surface area contributed by atoms with Crippen LogP contribution in [0.2, 0.25) is 0 Å². The number of fused-ring (bicyclic) bond motifs is 1. The zero-order valence-electron chi connectivity index (χ0n) is 27.8. The number of ether oxygens (including phenoxy) is 2. The molecule has 0 aliphatic carbocycles. The van der Waals surface area contributed by atoms with Gasteiger partial charge < -0.3 is 24.7 Å². The number of nitrogens with one attached hydrogen (secondary N) is 1. The van der Waals surface area contributed by atoms with E-state index in [-0.39, 0.29) is 11.5 Å². The van der Waals surface area contributed by atoms with Crippen molar-refractivity contribution < 1.29 is 23.5 Å². The number of anilines is 2. The molecule has 2 aliphatic heterocycles. The van der Waals surface area contributed by atoms with Crippen molar-refractivity contribution in [2.45, 2.75) is 13.0 Å². The molecule has 14 heteroatoms. The van der Waals surface area contributed by atoms with Crippen LogP contribution in [0.4, 0.5) is 20.6 Å². The third-order valence-electron chi connectivity index (χ3n) is 8.85. The van der Waals surface area contributed by atoms with Crippen molar-refractivity contribution in [1.29, 1.82) is 0 Å². The van der Waals surface area contributed by atoms with E-state index in [1.807, 2.05) is 27.7 Å². The van der Waals surface area contributed by atoms with E-state index >= 15 is 0 Å². The molecule has 3 aromatic carbocycles. The lowest BCUT2D eigenvalue weighted by molar-refractivity contribution is -0.132. The second kappa shape index (κ2) is 15.2. The first-order valence-electron chi connectivity index (χ1n) is 16.2. The average Bonchev–Trinajstić information content (AvgIpc) is 3.13. The van der Waals surface area contributed by atoms with Crippen LogP contribution in [0.1, 0.15) is 18.8 Å². The molecule has 2 fully saturated rings. The summed E-state index contributed by atoms with van der Waals surface area (Å²) in [6.07, 6.45) is 0. The molecular weight excluding hydrogens is 649 g/mol. The number of thioether (sulfide) groups is 1. The van der Waals surface area contributed by atoms with E-state index in [4.69, 9.17) is 14.5 Å². The maximum Gasteiger partial charge on any atom is 0.327 e. The zero-order chi connectivity index (χ0) is 34.5. The number of piperazine rings is 1. The van der Waals surface area contributed by atoms with Gasteiger partial charge in [-0.1, -0.05) is 12.1 Å². The number of hydrogen-bond donors (Lipinski definition) is 1. The third kappa shape index (κ3) is 7.44. The predicted molar refractivity (Wildman–Crippen MR) is 190 cm³/mol. The molecule has 1 aromatic heterocycles. The number of nitrogens with zero attached hydrogens (tertiary/aromatic N) is 6. The van der Waals surface area contributed by atoms with Crippen LogP contribution >= 0.6 is 11.8 Å². The SMILES string of the molecule is COc1ccc(N(C(=O)Nc2ccc(F)cc2)C(C)c2nc3ccccc3c(=O)n2N2CCN(CC(=O)N3CCSCC3)CC2)c(OC)c1. The van der Waals surface area contributed by atoms with E-state index in [1.165, 1.54) is 43.4 Å². The Labute approximate surface area is 288 Å². The number of aromatic nitrogens is 2. The summed E-state index contributed by atoms with van der Waals surface area (Å²) in [5.74, 6) is 2.85. The van der Waals surface area contributed by atoms with Gasteiger partial charge in [-0.2, -0.15) is 11.8 Å². The minimum Gasteiger partial charge on any atom is -0.497 e. The highest BCUT2D eigenvalue weighted by Gasteiger charge is 2.33. The molecule has 0 saturated carbocycles. The van der Waals surface area contributed by atoms with Crippen LogP contribution < -0.4 is 30.3 Å². The lowest BCUT2D eigenvalue weighted by Gasteiger charge is -2.39. The minimum absolute atomic E-state index is 0.129. The Morgan fingerprint density at radius 3 is 2.37 bits per heavy atom. The van der Waals surface area contributed by atoms with Crippen molar-refractivity contribution in [3.63, 3.8) is 0 Å². The van der Waals surface area contributed by atoms with E-state index in [0.29, 0.717) is 72.3 Å². The molecule has 3 heterocycles. The normalized spacial score (nSPS) is 15.9. The molecule has 2 aliphatic rings. The highest BCUT2D eigenvalue weighted by atomic mass is 32.2. The summed E-state index contributed by atoms with van der Waals surface area (Å²) in [5, 5.41) is 5.25. The first kappa shape index (κ1) is 34.1. The summed E-state index contributed by atoms with van der Waals surface area (Å²) in [6.45, 7) is 5.76. The van der Waals surface area contributed by atoms with Gasteiger partial charge in [0.1, 0.15) is 17.3 Å². The molecule has 2 saturated heterocycles. The van der Waals surface area contributed by atoms with Crippen molar-refractivity contribution in [3.8, 4) is 11.5 Å². The monoisotopic (exact) mass is 689 g/mol. The van der Waals surface area contributed by atoms with Crippen LogP contribution in [0.25, 0.3) is 10.9 Å². The Bertz CT molecular complexity index is 1860. The first-order chi connectivity index (χ1) is 23.8. The molecule has 4 aromatic rings. The Morgan fingerprint density at radius 1 is 0.959 bits per heavy atom. The number of carbonyl (C=O) groups excluding carboxylic acids is 2. The molecule has 1 unspecified atom stereocenters. The van der Waals surface area contributed by atoms with Gasteiger partial charge in [0.05, 0.1) is 43.4 Å². The van der Waals surface area contributed by atoms with Gasteiger partial charge in [0, 0.05) is 62.5 Å². The largest absolute Gasteiger partial charge is 0.497 e. The molecule has 1 N–H and O–H groups in total. The summed E-state index contributed by atoms with van der Waals surface area (Å²) in [6, 6.07) is 16.3. The van der Waals surface area contributed by atoms with Gasteiger partial charge in [0.2, 0.25) is 5.91 Å². The van der Waals surface area contributed by atoms with Crippen molar-refractivity contribution in [1.82, 2.24) is 19.5 Å². The lowest BCUT2D eigenvalue weighted by Crippen LogP contribution is -2.57. The number of benzene rings is 3. The van der Waals surface area contributed by atoms with Crippen LogP contribution in [0.15, 0.2) is 71.5 Å². The average molecular weight is 690 g/mol. The highest BCUT2D eigenvalue weighted by molar-refractivity contribution is 7.99. The minimum atomic E-state index is -0.809. The molecule has 0 spiro atoms. The number of amides is 3. The first-order valence-corrected chi connectivity index (χ1v) is 17.4. The van der Waals surface area contributed by atoms with Crippen molar-refractivity contribution in [2.24, 2.45) is 0 Å². The molecular formula is C35H40FN7O5S. The van der Waals surface area contributed by atoms with Crippen LogP contribution in [0, 0.1) is 5.82 Å². The number of methoxy groups -OCH3 is 2. The van der Waals surface area contributed by atoms with Gasteiger partial charge in [-0.15, -0.1) is 0 Å². The van der Waals surface area contributed by atoms with Crippen LogP contribution in [-0.2, 0) is 4.79 Å². The maximum absolute atomic E-state index is 14.3. The Hall–Kier alpha value is -4.82. The molecule has 3 amide bonds. The number of halogens is 1. The fourth-order valence-electron chi connectivity index (χ4n) is 6.19. The zero-order valence-corrected chi connectivity index (χ0v) is 28.6. The fraction of sp³-hybridized carbons (Fsp3) is 0.371. The van der Waals surface area contributed by atoms with Crippen molar-refractivity contribution >= 4 is 46.0 Å². The Morgan fingerprint density at radius 2 is 1.67 bits per heavy atom. The molecule has 0 radical (unpaired) electrons. The van der Waals surface area contributed by atoms with Gasteiger partial charge in [-0.05, 0) is 55.5 Å². The summed E-state index contributed by atoms with van der Waals surface area (Å²) >= 11 is 1.87. The van der Waals surface area contributed by atoms with Gasteiger partial charge in [-0.25, -0.2) is 18.8 Å². The van der Waals surface area contributed by atoms with E-state index in [0.717, 1.165) is 24.6 Å². The topological polar surface area (TPSA) is 112 Å². The number of rotatable bonds is 9. The highest BCUT2D eigenvalue weighted by Crippen LogP contribution is 2.37. The second-order valence-corrected chi connectivity index (χ2v) is 13.1. The summed E-state index contributed by atoms with van der Waals surface area (Å²) in [4.78, 5) is 52.0. The van der Waals surface area contributed by atoms with Gasteiger partial charge in [0.15, 0.2) is 5.82 Å². The Balaban J connectivity index is 1.37. The molecule has 0 bridgehead atoms. The van der Waals surface area contributed by atoms with Gasteiger partial charge in [0.25, 0.3) is 5.56 Å². The summed E-state index contributed by atoms with van der Waals surface area (Å²) in [7, 11) is 3.04. The fourth-order valence-corrected chi connectivity index (χ4v) is 7.10. The number of para-hydroxylation sites is 1. The number of hydrogen-bond acceptors (Lipinski definition) is 9. The lowest BCUT2D eigenvalue weighted by atomic mass is 10.1. The van der Waals surface area contributed by atoms with Gasteiger partial charge in [-0.3, -0.25) is 19.4 Å². The molecule has 258 valence electrons. The van der Waals surface area contributed by atoms with E-state index < -0.39 is 17.9 Å². The summed E-state index contributed by atoms with van der Waals surface area (Å²) < 4.78 is 26.4. The smallest absolute Gasteiger partial charge is 0.327 e. The van der Waals surface area contributed by atoms with E-state index in [1.54, 1.807) is 48.0 Å².